The number of carbonyl (C=O) groups is 1. The molecule has 0 saturated heterocycles. The van der Waals surface area contributed by atoms with Crippen LogP contribution in [0.15, 0.2) is 42.7 Å². The van der Waals surface area contributed by atoms with Crippen molar-refractivity contribution >= 4 is 16.7 Å². The number of aromatic nitrogens is 2. The Labute approximate surface area is 145 Å². The minimum absolute atomic E-state index is 0.159. The number of benzene rings is 1. The van der Waals surface area contributed by atoms with Gasteiger partial charge in [0.1, 0.15) is 5.25 Å². The number of rotatable bonds is 7. The van der Waals surface area contributed by atoms with E-state index in [-0.39, 0.29) is 11.4 Å². The first kappa shape index (κ1) is 18.4. The molecule has 2 atom stereocenters. The Morgan fingerprint density at radius 3 is 2.54 bits per heavy atom. The van der Waals surface area contributed by atoms with Gasteiger partial charge in [-0.15, -0.1) is 0 Å². The van der Waals surface area contributed by atoms with Crippen LogP contribution in [0.5, 0.6) is 0 Å². The van der Waals surface area contributed by atoms with Gasteiger partial charge in [-0.05, 0) is 51.0 Å². The molecule has 1 amide bonds. The summed E-state index contributed by atoms with van der Waals surface area (Å²) in [5, 5.41) is 6.59. The van der Waals surface area contributed by atoms with Crippen LogP contribution in [0.3, 0.4) is 0 Å². The predicted molar refractivity (Wildman–Crippen MR) is 97.4 cm³/mol. The molecule has 0 radical (unpaired) electrons. The van der Waals surface area contributed by atoms with E-state index in [4.69, 9.17) is 0 Å². The second-order valence-corrected chi connectivity index (χ2v) is 8.27. The van der Waals surface area contributed by atoms with E-state index in [1.807, 2.05) is 57.3 Å². The van der Waals surface area contributed by atoms with E-state index in [2.05, 4.69) is 10.4 Å². The summed E-state index contributed by atoms with van der Waals surface area (Å²) < 4.78 is 14.2. The fraction of sp³-hybridized carbons (Fsp3) is 0.444. The Morgan fingerprint density at radius 1 is 1.33 bits per heavy atom. The fourth-order valence-corrected chi connectivity index (χ4v) is 3.17. The molecular formula is C18H25N3O2S. The minimum Gasteiger partial charge on any atom is -0.350 e. The van der Waals surface area contributed by atoms with Crippen molar-refractivity contribution in [2.45, 2.75) is 50.7 Å². The van der Waals surface area contributed by atoms with Gasteiger partial charge in [-0.1, -0.05) is 19.1 Å². The van der Waals surface area contributed by atoms with Crippen LogP contribution in [0.1, 0.15) is 39.7 Å². The summed E-state index contributed by atoms with van der Waals surface area (Å²) in [5.74, 6) is 0.203. The molecular weight excluding hydrogens is 322 g/mol. The van der Waals surface area contributed by atoms with Crippen molar-refractivity contribution in [3.8, 4) is 5.69 Å². The average Bonchev–Trinajstić information content (AvgIpc) is 3.08. The smallest absolute Gasteiger partial charge is 0.235 e. The van der Waals surface area contributed by atoms with E-state index < -0.39 is 16.0 Å². The van der Waals surface area contributed by atoms with Gasteiger partial charge in [-0.3, -0.25) is 9.00 Å². The molecule has 1 heterocycles. The lowest BCUT2D eigenvalue weighted by molar-refractivity contribution is -0.121. The monoisotopic (exact) mass is 347 g/mol. The Balaban J connectivity index is 1.97. The van der Waals surface area contributed by atoms with Gasteiger partial charge in [0, 0.05) is 34.5 Å². The second kappa shape index (κ2) is 7.75. The van der Waals surface area contributed by atoms with Crippen LogP contribution in [0.4, 0.5) is 0 Å². The molecule has 0 spiro atoms. The summed E-state index contributed by atoms with van der Waals surface area (Å²) in [6.45, 7) is 7.67. The molecule has 2 rings (SSSR count). The van der Waals surface area contributed by atoms with E-state index >= 15 is 0 Å². The summed E-state index contributed by atoms with van der Waals surface area (Å²) in [7, 11) is -1.26. The zero-order valence-electron chi connectivity index (χ0n) is 14.7. The molecule has 5 nitrogen and oxygen atoms in total. The predicted octanol–water partition coefficient (Wildman–Crippen LogP) is 2.81. The van der Waals surface area contributed by atoms with E-state index in [0.717, 1.165) is 17.7 Å². The van der Waals surface area contributed by atoms with Crippen molar-refractivity contribution in [1.82, 2.24) is 15.1 Å². The number of hydrogen-bond donors (Lipinski definition) is 1. The van der Waals surface area contributed by atoms with E-state index in [0.29, 0.717) is 5.75 Å². The summed E-state index contributed by atoms with van der Waals surface area (Å²) in [6, 6.07) is 9.58. The normalized spacial score (nSPS) is 14.2. The quantitative estimate of drug-likeness (QED) is 0.838. The molecule has 0 fully saturated rings. The third kappa shape index (κ3) is 4.77. The Kier molecular flexibility index (Phi) is 5.94. The van der Waals surface area contributed by atoms with Crippen molar-refractivity contribution < 1.29 is 9.00 Å². The van der Waals surface area contributed by atoms with Gasteiger partial charge in [-0.25, -0.2) is 4.68 Å². The maximum atomic E-state index is 12.5. The number of carbonyl (C=O) groups excluding carboxylic acids is 1. The Morgan fingerprint density at radius 2 is 2.00 bits per heavy atom. The largest absolute Gasteiger partial charge is 0.350 e. The first-order valence-electron chi connectivity index (χ1n) is 8.10. The van der Waals surface area contributed by atoms with E-state index in [9.17, 15) is 9.00 Å². The van der Waals surface area contributed by atoms with Crippen molar-refractivity contribution in [3.63, 3.8) is 0 Å². The molecule has 24 heavy (non-hydrogen) atoms. The molecule has 0 saturated carbocycles. The lowest BCUT2D eigenvalue weighted by Crippen LogP contribution is -2.47. The maximum Gasteiger partial charge on any atom is 0.235 e. The van der Waals surface area contributed by atoms with Gasteiger partial charge in [0.05, 0.1) is 5.69 Å². The molecule has 0 aliphatic carbocycles. The molecule has 130 valence electrons. The highest BCUT2D eigenvalue weighted by Gasteiger charge is 2.25. The fourth-order valence-electron chi connectivity index (χ4n) is 2.10. The summed E-state index contributed by atoms with van der Waals surface area (Å²) in [5.41, 5.74) is 1.62. The lowest BCUT2D eigenvalue weighted by atomic mass is 10.0. The Hall–Kier alpha value is -1.95. The molecule has 0 aliphatic rings. The van der Waals surface area contributed by atoms with Gasteiger partial charge < -0.3 is 5.32 Å². The van der Waals surface area contributed by atoms with Gasteiger partial charge in [0.15, 0.2) is 0 Å². The molecule has 1 aromatic heterocycles. The van der Waals surface area contributed by atoms with Crippen LogP contribution in [0, 0.1) is 0 Å². The van der Waals surface area contributed by atoms with Crippen molar-refractivity contribution in [2.24, 2.45) is 0 Å². The summed E-state index contributed by atoms with van der Waals surface area (Å²) in [6.07, 6.45) is 4.42. The third-order valence-electron chi connectivity index (χ3n) is 4.12. The van der Waals surface area contributed by atoms with E-state index in [1.54, 1.807) is 17.8 Å². The highest BCUT2D eigenvalue weighted by atomic mass is 32.2. The van der Waals surface area contributed by atoms with Crippen LogP contribution in [-0.2, 0) is 21.3 Å². The molecule has 0 bridgehead atoms. The molecule has 1 aromatic carbocycles. The SMILES string of the molecule is CCC(C)(C)NC(=O)C(C)S(=O)Cc1ccc(-n2cccn2)cc1. The summed E-state index contributed by atoms with van der Waals surface area (Å²) >= 11 is 0. The minimum atomic E-state index is -1.26. The highest BCUT2D eigenvalue weighted by molar-refractivity contribution is 7.85. The van der Waals surface area contributed by atoms with Gasteiger partial charge >= 0.3 is 0 Å². The van der Waals surface area contributed by atoms with Crippen LogP contribution < -0.4 is 5.32 Å². The standard InChI is InChI=1S/C18H25N3O2S/c1-5-18(3,4)20-17(22)14(2)24(23)13-15-7-9-16(10-8-15)21-12-6-11-19-21/h6-12,14H,5,13H2,1-4H3,(H,20,22). The van der Waals surface area contributed by atoms with Crippen LogP contribution >= 0.6 is 0 Å². The highest BCUT2D eigenvalue weighted by Crippen LogP contribution is 2.13. The van der Waals surface area contributed by atoms with Gasteiger partial charge in [0.25, 0.3) is 0 Å². The molecule has 2 unspecified atom stereocenters. The van der Waals surface area contributed by atoms with Crippen LogP contribution in [-0.4, -0.2) is 30.7 Å². The number of hydrogen-bond acceptors (Lipinski definition) is 3. The second-order valence-electron chi connectivity index (χ2n) is 6.51. The lowest BCUT2D eigenvalue weighted by Gasteiger charge is -2.26. The van der Waals surface area contributed by atoms with Gasteiger partial charge in [-0.2, -0.15) is 5.10 Å². The molecule has 0 aliphatic heterocycles. The van der Waals surface area contributed by atoms with E-state index in [1.165, 1.54) is 0 Å². The number of nitrogens with one attached hydrogen (secondary N) is 1. The number of nitrogens with zero attached hydrogens (tertiary/aromatic N) is 2. The van der Waals surface area contributed by atoms with Crippen molar-refractivity contribution in [3.05, 3.63) is 48.3 Å². The van der Waals surface area contributed by atoms with Crippen molar-refractivity contribution in [1.29, 1.82) is 0 Å². The first-order valence-corrected chi connectivity index (χ1v) is 9.49. The molecule has 1 N–H and O–H groups in total. The Bertz CT molecular complexity index is 694. The first-order chi connectivity index (χ1) is 11.3. The number of amides is 1. The average molecular weight is 347 g/mol. The molecule has 2 aromatic rings. The summed E-state index contributed by atoms with van der Waals surface area (Å²) in [4.78, 5) is 12.2. The third-order valence-corrected chi connectivity index (χ3v) is 5.74. The zero-order chi connectivity index (χ0) is 17.7. The van der Waals surface area contributed by atoms with Gasteiger partial charge in [0.2, 0.25) is 5.91 Å². The van der Waals surface area contributed by atoms with Crippen LogP contribution in [0.25, 0.3) is 5.69 Å². The van der Waals surface area contributed by atoms with Crippen LogP contribution in [0.2, 0.25) is 0 Å². The maximum absolute atomic E-state index is 12.5. The molecule has 6 heteroatoms. The topological polar surface area (TPSA) is 64.0 Å². The van der Waals surface area contributed by atoms with Crippen molar-refractivity contribution in [2.75, 3.05) is 0 Å². The zero-order valence-corrected chi connectivity index (χ0v) is 15.5.